The average molecular weight is 239 g/mol. The van der Waals surface area contributed by atoms with Gasteiger partial charge in [0, 0.05) is 6.42 Å². The second-order valence-corrected chi connectivity index (χ2v) is 5.77. The van der Waals surface area contributed by atoms with E-state index in [1.807, 2.05) is 0 Å². The average Bonchev–Trinajstić information content (AvgIpc) is 2.83. The summed E-state index contributed by atoms with van der Waals surface area (Å²) in [6.45, 7) is 4.47. The molecule has 1 aliphatic heterocycles. The van der Waals surface area contributed by atoms with Crippen LogP contribution < -0.4 is 5.32 Å². The van der Waals surface area contributed by atoms with E-state index in [2.05, 4.69) is 12.2 Å². The third-order valence-electron chi connectivity index (χ3n) is 4.18. The Morgan fingerprint density at radius 2 is 2.00 bits per heavy atom. The van der Waals surface area contributed by atoms with Crippen LogP contribution >= 0.6 is 0 Å². The standard InChI is InChI=1S/C14H25NO2/c1-11-2-5-13(6-3-11)17-14(16)7-4-12-8-9-15-10-12/h11-13,15H,2-10H2,1H3. The van der Waals surface area contributed by atoms with Gasteiger partial charge >= 0.3 is 5.97 Å². The fourth-order valence-electron chi connectivity index (χ4n) is 2.87. The fraction of sp³-hybridized carbons (Fsp3) is 0.929. The Hall–Kier alpha value is -0.570. The van der Waals surface area contributed by atoms with Gasteiger partial charge in [0.05, 0.1) is 0 Å². The van der Waals surface area contributed by atoms with E-state index >= 15 is 0 Å². The molecule has 0 bridgehead atoms. The lowest BCUT2D eigenvalue weighted by atomic mass is 9.89. The number of carbonyl (C=O) groups excluding carboxylic acids is 1. The van der Waals surface area contributed by atoms with Crippen molar-refractivity contribution in [3.63, 3.8) is 0 Å². The van der Waals surface area contributed by atoms with Crippen molar-refractivity contribution in [3.8, 4) is 0 Å². The quantitative estimate of drug-likeness (QED) is 0.766. The molecule has 0 radical (unpaired) electrons. The van der Waals surface area contributed by atoms with Gasteiger partial charge in [-0.2, -0.15) is 0 Å². The fourth-order valence-corrected chi connectivity index (χ4v) is 2.87. The normalized spacial score (nSPS) is 33.6. The number of hydrogen-bond acceptors (Lipinski definition) is 3. The van der Waals surface area contributed by atoms with Crippen LogP contribution in [0.15, 0.2) is 0 Å². The number of ether oxygens (including phenoxy) is 1. The van der Waals surface area contributed by atoms with E-state index in [0.717, 1.165) is 38.3 Å². The van der Waals surface area contributed by atoms with Crippen molar-refractivity contribution in [1.29, 1.82) is 0 Å². The van der Waals surface area contributed by atoms with Crippen molar-refractivity contribution in [2.24, 2.45) is 11.8 Å². The molecule has 1 saturated heterocycles. The minimum absolute atomic E-state index is 0.0245. The van der Waals surface area contributed by atoms with Crippen molar-refractivity contribution in [2.45, 2.75) is 58.0 Å². The molecule has 0 spiro atoms. The summed E-state index contributed by atoms with van der Waals surface area (Å²) >= 11 is 0. The molecule has 1 heterocycles. The first kappa shape index (κ1) is 12.9. The number of nitrogens with one attached hydrogen (secondary N) is 1. The zero-order chi connectivity index (χ0) is 12.1. The Balaban J connectivity index is 1.60. The lowest BCUT2D eigenvalue weighted by Crippen LogP contribution is -2.24. The van der Waals surface area contributed by atoms with E-state index in [1.165, 1.54) is 19.3 Å². The minimum Gasteiger partial charge on any atom is -0.462 e. The van der Waals surface area contributed by atoms with Crippen LogP contribution in [-0.2, 0) is 9.53 Å². The molecule has 2 fully saturated rings. The van der Waals surface area contributed by atoms with Crippen molar-refractivity contribution in [1.82, 2.24) is 5.32 Å². The van der Waals surface area contributed by atoms with Gasteiger partial charge in [-0.3, -0.25) is 4.79 Å². The van der Waals surface area contributed by atoms with E-state index in [0.29, 0.717) is 12.3 Å². The van der Waals surface area contributed by atoms with Gasteiger partial charge < -0.3 is 10.1 Å². The van der Waals surface area contributed by atoms with Gasteiger partial charge in [0.2, 0.25) is 0 Å². The van der Waals surface area contributed by atoms with Gasteiger partial charge in [-0.05, 0) is 63.5 Å². The molecule has 0 amide bonds. The number of esters is 1. The molecule has 1 atom stereocenters. The first-order valence-corrected chi connectivity index (χ1v) is 7.14. The van der Waals surface area contributed by atoms with E-state index in [1.54, 1.807) is 0 Å². The molecule has 1 saturated carbocycles. The number of hydrogen-bond donors (Lipinski definition) is 1. The van der Waals surface area contributed by atoms with Crippen molar-refractivity contribution < 1.29 is 9.53 Å². The molecule has 0 aromatic carbocycles. The van der Waals surface area contributed by atoms with Crippen LogP contribution in [0.1, 0.15) is 51.9 Å². The molecule has 98 valence electrons. The predicted octanol–water partition coefficient (Wildman–Crippen LogP) is 2.50. The maximum absolute atomic E-state index is 11.7. The van der Waals surface area contributed by atoms with Crippen LogP contribution in [0.2, 0.25) is 0 Å². The third-order valence-corrected chi connectivity index (χ3v) is 4.18. The van der Waals surface area contributed by atoms with Crippen molar-refractivity contribution >= 4 is 5.97 Å². The van der Waals surface area contributed by atoms with Gasteiger partial charge in [-0.25, -0.2) is 0 Å². The second-order valence-electron chi connectivity index (χ2n) is 5.77. The summed E-state index contributed by atoms with van der Waals surface area (Å²) < 4.78 is 5.54. The summed E-state index contributed by atoms with van der Waals surface area (Å²) in [6.07, 6.45) is 7.59. The second kappa shape index (κ2) is 6.39. The van der Waals surface area contributed by atoms with Crippen LogP contribution in [0.3, 0.4) is 0 Å². The summed E-state index contributed by atoms with van der Waals surface area (Å²) in [5.74, 6) is 1.53. The highest BCUT2D eigenvalue weighted by Gasteiger charge is 2.22. The summed E-state index contributed by atoms with van der Waals surface area (Å²) in [4.78, 5) is 11.7. The molecule has 2 aliphatic rings. The van der Waals surface area contributed by atoms with Gasteiger partial charge in [0.25, 0.3) is 0 Å². The summed E-state index contributed by atoms with van der Waals surface area (Å²) in [6, 6.07) is 0. The lowest BCUT2D eigenvalue weighted by Gasteiger charge is -2.26. The molecule has 2 rings (SSSR count). The van der Waals surface area contributed by atoms with Gasteiger partial charge in [0.1, 0.15) is 6.10 Å². The molecule has 3 heteroatoms. The zero-order valence-electron chi connectivity index (χ0n) is 10.9. The van der Waals surface area contributed by atoms with Gasteiger partial charge in [-0.1, -0.05) is 6.92 Å². The summed E-state index contributed by atoms with van der Waals surface area (Å²) in [5.41, 5.74) is 0. The van der Waals surface area contributed by atoms with Crippen molar-refractivity contribution in [2.75, 3.05) is 13.1 Å². The van der Waals surface area contributed by atoms with Gasteiger partial charge in [-0.15, -0.1) is 0 Å². The Bertz CT molecular complexity index is 241. The highest BCUT2D eigenvalue weighted by molar-refractivity contribution is 5.69. The highest BCUT2D eigenvalue weighted by Crippen LogP contribution is 2.26. The number of carbonyl (C=O) groups is 1. The van der Waals surface area contributed by atoms with Crippen molar-refractivity contribution in [3.05, 3.63) is 0 Å². The van der Waals surface area contributed by atoms with Crippen LogP contribution in [0.5, 0.6) is 0 Å². The Morgan fingerprint density at radius 1 is 1.24 bits per heavy atom. The predicted molar refractivity (Wildman–Crippen MR) is 67.7 cm³/mol. The molecule has 17 heavy (non-hydrogen) atoms. The summed E-state index contributed by atoms with van der Waals surface area (Å²) in [5, 5.41) is 3.33. The first-order valence-electron chi connectivity index (χ1n) is 7.14. The number of rotatable bonds is 4. The van der Waals surface area contributed by atoms with Crippen LogP contribution in [-0.4, -0.2) is 25.2 Å². The lowest BCUT2D eigenvalue weighted by molar-refractivity contribution is -0.151. The topological polar surface area (TPSA) is 38.3 Å². The van der Waals surface area contributed by atoms with E-state index in [4.69, 9.17) is 4.74 Å². The largest absolute Gasteiger partial charge is 0.462 e. The maximum atomic E-state index is 11.7. The van der Waals surface area contributed by atoms with Gasteiger partial charge in [0.15, 0.2) is 0 Å². The summed E-state index contributed by atoms with van der Waals surface area (Å²) in [7, 11) is 0. The minimum atomic E-state index is 0.0245. The Morgan fingerprint density at radius 3 is 2.65 bits per heavy atom. The Kier molecular flexibility index (Phi) is 4.84. The molecule has 1 unspecified atom stereocenters. The van der Waals surface area contributed by atoms with E-state index in [9.17, 15) is 4.79 Å². The SMILES string of the molecule is CC1CCC(OC(=O)CCC2CCNC2)CC1. The smallest absolute Gasteiger partial charge is 0.306 e. The molecule has 0 aromatic rings. The zero-order valence-corrected chi connectivity index (χ0v) is 10.9. The van der Waals surface area contributed by atoms with E-state index < -0.39 is 0 Å². The third kappa shape index (κ3) is 4.30. The van der Waals surface area contributed by atoms with Crippen LogP contribution in [0.4, 0.5) is 0 Å². The van der Waals surface area contributed by atoms with E-state index in [-0.39, 0.29) is 12.1 Å². The van der Waals surface area contributed by atoms with Crippen LogP contribution in [0.25, 0.3) is 0 Å². The molecule has 3 nitrogen and oxygen atoms in total. The molecular weight excluding hydrogens is 214 g/mol. The van der Waals surface area contributed by atoms with Crippen LogP contribution in [0, 0.1) is 11.8 Å². The first-order chi connectivity index (χ1) is 8.24. The monoisotopic (exact) mass is 239 g/mol. The molecular formula is C14H25NO2. The molecule has 0 aromatic heterocycles. The maximum Gasteiger partial charge on any atom is 0.306 e. The highest BCUT2D eigenvalue weighted by atomic mass is 16.5. The Labute approximate surface area is 104 Å². The molecule has 1 aliphatic carbocycles. The molecule has 1 N–H and O–H groups in total.